The lowest BCUT2D eigenvalue weighted by Gasteiger charge is -2.25. The molecule has 0 aliphatic carbocycles. The van der Waals surface area contributed by atoms with Crippen molar-refractivity contribution in [1.82, 2.24) is 10.6 Å². The fourth-order valence-corrected chi connectivity index (χ4v) is 4.41. The van der Waals surface area contributed by atoms with Gasteiger partial charge in [0.15, 0.2) is 5.11 Å². The fraction of sp³-hybridized carbons (Fsp3) is 0.476. The fourth-order valence-electron chi connectivity index (χ4n) is 3.38. The quantitative estimate of drug-likeness (QED) is 0.590. The number of rotatable bonds is 8. The Hall–Kier alpha value is -1.47. The number of benzene rings is 1. The third kappa shape index (κ3) is 6.28. The predicted octanol–water partition coefficient (Wildman–Crippen LogP) is 2.17. The molecule has 146 valence electrons. The molecule has 0 bridgehead atoms. The lowest BCUT2D eigenvalue weighted by atomic mass is 10.0. The Labute approximate surface area is 171 Å². The minimum atomic E-state index is 0.0939. The molecule has 1 aromatic heterocycles. The van der Waals surface area contributed by atoms with Crippen LogP contribution in [0.15, 0.2) is 41.8 Å². The maximum absolute atomic E-state index is 5.59. The van der Waals surface area contributed by atoms with Crippen molar-refractivity contribution in [3.05, 3.63) is 57.8 Å². The molecule has 3 rings (SSSR count). The molecule has 1 fully saturated rings. The zero-order valence-electron chi connectivity index (χ0n) is 16.0. The topological polar surface area (TPSA) is 37.7 Å². The van der Waals surface area contributed by atoms with E-state index >= 15 is 0 Å². The van der Waals surface area contributed by atoms with Crippen LogP contribution in [0.4, 0.5) is 0 Å². The van der Waals surface area contributed by atoms with Crippen LogP contribution in [0.1, 0.15) is 35.4 Å². The van der Waals surface area contributed by atoms with Crippen molar-refractivity contribution in [3.8, 4) is 0 Å². The van der Waals surface area contributed by atoms with Crippen molar-refractivity contribution in [2.45, 2.75) is 25.8 Å². The third-order valence-electron chi connectivity index (χ3n) is 4.92. The Balaban J connectivity index is 1.57. The summed E-state index contributed by atoms with van der Waals surface area (Å²) < 4.78 is 5.42. The summed E-state index contributed by atoms with van der Waals surface area (Å²) in [6, 6.07) is 13.3. The summed E-state index contributed by atoms with van der Waals surface area (Å²) in [5.41, 5.74) is 2.64. The van der Waals surface area contributed by atoms with Gasteiger partial charge in [-0.2, -0.15) is 0 Å². The molecular weight excluding hydrogens is 374 g/mol. The number of hydrogen-bond donors (Lipinski definition) is 3. The van der Waals surface area contributed by atoms with Gasteiger partial charge in [-0.15, -0.1) is 11.3 Å². The van der Waals surface area contributed by atoms with E-state index in [9.17, 15) is 0 Å². The second-order valence-electron chi connectivity index (χ2n) is 6.95. The molecule has 0 amide bonds. The van der Waals surface area contributed by atoms with E-state index in [-0.39, 0.29) is 6.04 Å². The highest BCUT2D eigenvalue weighted by Crippen LogP contribution is 2.26. The monoisotopic (exact) mass is 404 g/mol. The van der Waals surface area contributed by atoms with Gasteiger partial charge in [-0.05, 0) is 41.2 Å². The summed E-state index contributed by atoms with van der Waals surface area (Å²) in [7, 11) is 0. The molecule has 1 saturated heterocycles. The number of hydrogen-bond acceptors (Lipinski definition) is 3. The molecule has 2 heterocycles. The molecule has 0 saturated carbocycles. The van der Waals surface area contributed by atoms with E-state index in [0.29, 0.717) is 0 Å². The Bertz CT molecular complexity index is 682. The van der Waals surface area contributed by atoms with Gasteiger partial charge in [0.2, 0.25) is 0 Å². The van der Waals surface area contributed by atoms with Gasteiger partial charge >= 0.3 is 0 Å². The Kier molecular flexibility index (Phi) is 8.08. The minimum Gasteiger partial charge on any atom is -0.370 e. The van der Waals surface area contributed by atoms with E-state index in [4.69, 9.17) is 17.0 Å². The maximum atomic E-state index is 5.59. The third-order valence-corrected chi connectivity index (χ3v) is 6.12. The smallest absolute Gasteiger partial charge is 0.167 e. The Morgan fingerprint density at radius 3 is 2.67 bits per heavy atom. The number of thiocarbonyl (C=S) groups is 1. The van der Waals surface area contributed by atoms with Crippen molar-refractivity contribution in [3.63, 3.8) is 0 Å². The van der Waals surface area contributed by atoms with Crippen molar-refractivity contribution in [2.75, 3.05) is 39.4 Å². The van der Waals surface area contributed by atoms with Gasteiger partial charge in [0, 0.05) is 4.88 Å². The minimum absolute atomic E-state index is 0.0939. The largest absolute Gasteiger partial charge is 0.370 e. The zero-order chi connectivity index (χ0) is 18.9. The number of aryl methyl sites for hydroxylation is 1. The lowest BCUT2D eigenvalue weighted by Crippen LogP contribution is -3.14. The van der Waals surface area contributed by atoms with E-state index in [2.05, 4.69) is 59.3 Å². The highest BCUT2D eigenvalue weighted by atomic mass is 32.1. The van der Waals surface area contributed by atoms with E-state index in [0.717, 1.165) is 50.9 Å². The van der Waals surface area contributed by atoms with Crippen LogP contribution in [-0.4, -0.2) is 44.5 Å². The summed E-state index contributed by atoms with van der Waals surface area (Å²) in [5, 5.41) is 9.75. The molecule has 27 heavy (non-hydrogen) atoms. The normalized spacial score (nSPS) is 16.0. The van der Waals surface area contributed by atoms with E-state index in [1.54, 1.807) is 16.2 Å². The first kappa shape index (κ1) is 20.3. The SMILES string of the molecule is CCCc1ccc([C@@H](NC(=S)NCC[NH+]2CCOCC2)c2cccs2)cc1. The maximum Gasteiger partial charge on any atom is 0.167 e. The standard InChI is InChI=1S/C21H29N3OS2/c1-2-4-17-6-8-18(9-7-17)20(19-5-3-16-27-19)23-21(26)22-10-11-24-12-14-25-15-13-24/h3,5-9,16,20H,2,4,10-15H2,1H3,(H2,22,23,26)/p+1/t20-/m1/s1. The van der Waals surface area contributed by atoms with Crippen LogP contribution in [-0.2, 0) is 11.2 Å². The zero-order valence-corrected chi connectivity index (χ0v) is 17.6. The van der Waals surface area contributed by atoms with Gasteiger partial charge in [-0.3, -0.25) is 0 Å². The van der Waals surface area contributed by atoms with Crippen LogP contribution in [0, 0.1) is 0 Å². The number of quaternary nitrogens is 1. The van der Waals surface area contributed by atoms with Crippen molar-refractivity contribution < 1.29 is 9.64 Å². The molecule has 3 N–H and O–H groups in total. The molecule has 1 aliphatic heterocycles. The molecule has 1 atom stereocenters. The highest BCUT2D eigenvalue weighted by molar-refractivity contribution is 7.80. The van der Waals surface area contributed by atoms with E-state index < -0.39 is 0 Å². The molecule has 0 radical (unpaired) electrons. The second kappa shape index (κ2) is 10.8. The Morgan fingerprint density at radius 2 is 2.00 bits per heavy atom. The summed E-state index contributed by atoms with van der Waals surface area (Å²) in [6.45, 7) is 8.08. The Morgan fingerprint density at radius 1 is 1.22 bits per heavy atom. The van der Waals surface area contributed by atoms with Gasteiger partial charge in [0.1, 0.15) is 13.1 Å². The van der Waals surface area contributed by atoms with E-state index in [1.807, 2.05) is 0 Å². The van der Waals surface area contributed by atoms with Crippen LogP contribution in [0.25, 0.3) is 0 Å². The summed E-state index contributed by atoms with van der Waals surface area (Å²) in [6.07, 6.45) is 2.30. The first-order chi connectivity index (χ1) is 13.3. The summed E-state index contributed by atoms with van der Waals surface area (Å²) in [4.78, 5) is 2.86. The number of thiophene rings is 1. The van der Waals surface area contributed by atoms with Gasteiger partial charge in [-0.1, -0.05) is 43.7 Å². The lowest BCUT2D eigenvalue weighted by molar-refractivity contribution is -0.906. The number of nitrogens with one attached hydrogen (secondary N) is 3. The van der Waals surface area contributed by atoms with Crippen LogP contribution in [0.5, 0.6) is 0 Å². The van der Waals surface area contributed by atoms with Gasteiger partial charge < -0.3 is 20.3 Å². The first-order valence-corrected chi connectivity index (χ1v) is 11.1. The van der Waals surface area contributed by atoms with Gasteiger partial charge in [0.05, 0.1) is 32.3 Å². The van der Waals surface area contributed by atoms with Crippen molar-refractivity contribution in [1.29, 1.82) is 0 Å². The van der Waals surface area contributed by atoms with Crippen LogP contribution >= 0.6 is 23.6 Å². The van der Waals surface area contributed by atoms with Crippen molar-refractivity contribution >= 4 is 28.7 Å². The molecule has 6 heteroatoms. The highest BCUT2D eigenvalue weighted by Gasteiger charge is 2.17. The molecule has 0 spiro atoms. The summed E-state index contributed by atoms with van der Waals surface area (Å²) >= 11 is 7.35. The predicted molar refractivity (Wildman–Crippen MR) is 117 cm³/mol. The molecule has 1 aliphatic rings. The molecule has 2 aromatic rings. The average molecular weight is 405 g/mol. The van der Waals surface area contributed by atoms with Gasteiger partial charge in [0.25, 0.3) is 0 Å². The number of ether oxygens (including phenoxy) is 1. The van der Waals surface area contributed by atoms with Crippen molar-refractivity contribution in [2.24, 2.45) is 0 Å². The molecule has 1 aromatic carbocycles. The van der Waals surface area contributed by atoms with E-state index in [1.165, 1.54) is 22.4 Å². The van der Waals surface area contributed by atoms with Crippen LogP contribution in [0.3, 0.4) is 0 Å². The summed E-state index contributed by atoms with van der Waals surface area (Å²) in [5.74, 6) is 0. The first-order valence-electron chi connectivity index (χ1n) is 9.84. The molecule has 0 unspecified atom stereocenters. The van der Waals surface area contributed by atoms with Gasteiger partial charge in [-0.25, -0.2) is 0 Å². The molecular formula is C21H30N3OS2+. The second-order valence-corrected chi connectivity index (χ2v) is 8.34. The molecule has 4 nitrogen and oxygen atoms in total. The average Bonchev–Trinajstić information content (AvgIpc) is 3.22. The van der Waals surface area contributed by atoms with Crippen LogP contribution < -0.4 is 15.5 Å². The van der Waals surface area contributed by atoms with Crippen LogP contribution in [0.2, 0.25) is 0 Å². The number of morpholine rings is 1.